The quantitative estimate of drug-likeness (QED) is 0.637. The molecule has 1 aromatic heterocycles. The first-order chi connectivity index (χ1) is 14.1. The highest BCUT2D eigenvalue weighted by atomic mass is 16.5. The maximum absolute atomic E-state index is 12.8. The molecule has 1 fully saturated rings. The van der Waals surface area contributed by atoms with Crippen molar-refractivity contribution < 1.29 is 19.1 Å². The molecule has 1 aliphatic heterocycles. The van der Waals surface area contributed by atoms with E-state index in [2.05, 4.69) is 9.55 Å². The second-order valence-electron chi connectivity index (χ2n) is 7.04. The third kappa shape index (κ3) is 3.86. The number of fused-ring (bicyclic) bond motifs is 1. The van der Waals surface area contributed by atoms with Gasteiger partial charge in [0.05, 0.1) is 36.9 Å². The molecule has 3 aromatic rings. The van der Waals surface area contributed by atoms with Crippen LogP contribution in [-0.2, 0) is 16.0 Å². The van der Waals surface area contributed by atoms with Crippen molar-refractivity contribution in [2.24, 2.45) is 0 Å². The summed E-state index contributed by atoms with van der Waals surface area (Å²) in [5.41, 5.74) is 3.97. The van der Waals surface area contributed by atoms with Crippen molar-refractivity contribution in [2.45, 2.75) is 13.5 Å². The van der Waals surface area contributed by atoms with Gasteiger partial charge in [0.1, 0.15) is 5.82 Å². The van der Waals surface area contributed by atoms with Crippen LogP contribution in [0.25, 0.3) is 11.0 Å². The van der Waals surface area contributed by atoms with E-state index in [1.54, 1.807) is 12.1 Å². The van der Waals surface area contributed by atoms with Gasteiger partial charge >= 0.3 is 5.97 Å². The number of morpholine rings is 1. The number of carbonyl (C=O) groups excluding carboxylic acids is 2. The van der Waals surface area contributed by atoms with Crippen molar-refractivity contribution in [3.05, 3.63) is 65.0 Å². The highest BCUT2D eigenvalue weighted by Gasteiger charge is 2.20. The molecule has 0 saturated carbocycles. The monoisotopic (exact) mass is 393 g/mol. The van der Waals surface area contributed by atoms with Gasteiger partial charge in [-0.05, 0) is 42.8 Å². The van der Waals surface area contributed by atoms with E-state index in [0.29, 0.717) is 44.0 Å². The number of rotatable bonds is 4. The molecule has 0 radical (unpaired) electrons. The Kier molecular flexibility index (Phi) is 5.31. The van der Waals surface area contributed by atoms with E-state index in [9.17, 15) is 9.59 Å². The summed E-state index contributed by atoms with van der Waals surface area (Å²) >= 11 is 0. The molecule has 29 heavy (non-hydrogen) atoms. The summed E-state index contributed by atoms with van der Waals surface area (Å²) in [4.78, 5) is 30.9. The van der Waals surface area contributed by atoms with Crippen molar-refractivity contribution in [2.75, 3.05) is 33.4 Å². The normalized spacial score (nSPS) is 14.2. The van der Waals surface area contributed by atoms with E-state index in [-0.39, 0.29) is 11.9 Å². The first-order valence-corrected chi connectivity index (χ1v) is 9.58. The van der Waals surface area contributed by atoms with Crippen LogP contribution in [0.3, 0.4) is 0 Å². The minimum absolute atomic E-state index is 0.0167. The fourth-order valence-corrected chi connectivity index (χ4v) is 3.57. The summed E-state index contributed by atoms with van der Waals surface area (Å²) in [6.45, 7) is 4.92. The molecular weight excluding hydrogens is 370 g/mol. The van der Waals surface area contributed by atoms with Gasteiger partial charge in [0.2, 0.25) is 0 Å². The molecule has 0 bridgehead atoms. The summed E-state index contributed by atoms with van der Waals surface area (Å²) in [5, 5.41) is 0. The van der Waals surface area contributed by atoms with Gasteiger partial charge in [-0.3, -0.25) is 4.79 Å². The maximum atomic E-state index is 12.8. The molecule has 7 heteroatoms. The van der Waals surface area contributed by atoms with Crippen LogP contribution < -0.4 is 0 Å². The minimum atomic E-state index is -0.355. The number of hydrogen-bond donors (Lipinski definition) is 0. The zero-order valence-corrected chi connectivity index (χ0v) is 16.6. The van der Waals surface area contributed by atoms with Gasteiger partial charge in [-0.1, -0.05) is 12.1 Å². The molecule has 2 heterocycles. The second kappa shape index (κ2) is 8.05. The predicted octanol–water partition coefficient (Wildman–Crippen LogP) is 2.65. The number of ether oxygens (including phenoxy) is 2. The summed E-state index contributed by atoms with van der Waals surface area (Å²) in [6.07, 6.45) is 0. The first kappa shape index (κ1) is 19.1. The molecule has 7 nitrogen and oxygen atoms in total. The molecule has 1 saturated heterocycles. The van der Waals surface area contributed by atoms with Crippen molar-refractivity contribution in [3.8, 4) is 0 Å². The van der Waals surface area contributed by atoms with Crippen LogP contribution in [0.5, 0.6) is 0 Å². The summed E-state index contributed by atoms with van der Waals surface area (Å²) < 4.78 is 12.2. The number of amides is 1. The van der Waals surface area contributed by atoms with Gasteiger partial charge in [-0.25, -0.2) is 9.78 Å². The standard InChI is InChI=1S/C22H23N3O4/c1-15-23-19-8-7-18(21(26)24-9-11-29-12-10-24)13-20(19)25(15)14-16-3-5-17(6-4-16)22(27)28-2/h3-8,13H,9-12,14H2,1-2H3. The van der Waals surface area contributed by atoms with Crippen LogP contribution in [0, 0.1) is 6.92 Å². The molecule has 1 amide bonds. The van der Waals surface area contributed by atoms with E-state index in [0.717, 1.165) is 22.4 Å². The minimum Gasteiger partial charge on any atom is -0.465 e. The van der Waals surface area contributed by atoms with Gasteiger partial charge in [-0.15, -0.1) is 0 Å². The molecule has 0 unspecified atom stereocenters. The third-order valence-electron chi connectivity index (χ3n) is 5.20. The molecule has 0 spiro atoms. The second-order valence-corrected chi connectivity index (χ2v) is 7.04. The van der Waals surface area contributed by atoms with E-state index in [1.165, 1.54) is 7.11 Å². The van der Waals surface area contributed by atoms with Gasteiger partial charge in [0.15, 0.2) is 0 Å². The Morgan fingerprint density at radius 2 is 1.76 bits per heavy atom. The lowest BCUT2D eigenvalue weighted by molar-refractivity contribution is 0.0303. The number of aromatic nitrogens is 2. The van der Waals surface area contributed by atoms with Crippen LogP contribution in [0.1, 0.15) is 32.1 Å². The lowest BCUT2D eigenvalue weighted by Gasteiger charge is -2.26. The van der Waals surface area contributed by atoms with Crippen molar-refractivity contribution >= 4 is 22.9 Å². The average Bonchev–Trinajstić information content (AvgIpc) is 3.08. The molecule has 1 aliphatic rings. The molecule has 0 aliphatic carbocycles. The zero-order chi connectivity index (χ0) is 20.4. The van der Waals surface area contributed by atoms with E-state index in [4.69, 9.17) is 9.47 Å². The van der Waals surface area contributed by atoms with Crippen molar-refractivity contribution in [1.82, 2.24) is 14.5 Å². The van der Waals surface area contributed by atoms with E-state index in [1.807, 2.05) is 42.2 Å². The Morgan fingerprint density at radius 1 is 1.07 bits per heavy atom. The Balaban J connectivity index is 1.62. The summed E-state index contributed by atoms with van der Waals surface area (Å²) in [6, 6.07) is 13.0. The van der Waals surface area contributed by atoms with Crippen LogP contribution in [0.15, 0.2) is 42.5 Å². The molecule has 150 valence electrons. The fraction of sp³-hybridized carbons (Fsp3) is 0.318. The van der Waals surface area contributed by atoms with E-state index < -0.39 is 0 Å². The number of imidazole rings is 1. The Labute approximate surface area is 168 Å². The highest BCUT2D eigenvalue weighted by Crippen LogP contribution is 2.21. The molecule has 0 N–H and O–H groups in total. The third-order valence-corrected chi connectivity index (χ3v) is 5.20. The lowest BCUT2D eigenvalue weighted by Crippen LogP contribution is -2.40. The number of methoxy groups -OCH3 is 1. The number of aryl methyl sites for hydroxylation is 1. The number of esters is 1. The SMILES string of the molecule is COC(=O)c1ccc(Cn2c(C)nc3ccc(C(=O)N4CCOCC4)cc32)cc1. The van der Waals surface area contributed by atoms with E-state index >= 15 is 0 Å². The van der Waals surface area contributed by atoms with Crippen LogP contribution in [0.2, 0.25) is 0 Å². The largest absolute Gasteiger partial charge is 0.465 e. The van der Waals surface area contributed by atoms with Gasteiger partial charge < -0.3 is 18.9 Å². The van der Waals surface area contributed by atoms with Gasteiger partial charge in [-0.2, -0.15) is 0 Å². The Bertz CT molecular complexity index is 1050. The van der Waals surface area contributed by atoms with Crippen LogP contribution >= 0.6 is 0 Å². The number of benzene rings is 2. The van der Waals surface area contributed by atoms with Crippen LogP contribution in [0.4, 0.5) is 0 Å². The first-order valence-electron chi connectivity index (χ1n) is 9.58. The Hall–Kier alpha value is -3.19. The summed E-state index contributed by atoms with van der Waals surface area (Å²) in [7, 11) is 1.37. The molecular formula is C22H23N3O4. The highest BCUT2D eigenvalue weighted by molar-refractivity contribution is 5.97. The topological polar surface area (TPSA) is 73.7 Å². The smallest absolute Gasteiger partial charge is 0.337 e. The number of carbonyl (C=O) groups is 2. The van der Waals surface area contributed by atoms with Crippen molar-refractivity contribution in [3.63, 3.8) is 0 Å². The lowest BCUT2D eigenvalue weighted by atomic mass is 10.1. The summed E-state index contributed by atoms with van der Waals surface area (Å²) in [5.74, 6) is 0.531. The average molecular weight is 393 g/mol. The maximum Gasteiger partial charge on any atom is 0.337 e. The zero-order valence-electron chi connectivity index (χ0n) is 16.6. The van der Waals surface area contributed by atoms with Crippen LogP contribution in [-0.4, -0.2) is 59.7 Å². The van der Waals surface area contributed by atoms with Gasteiger partial charge in [0.25, 0.3) is 5.91 Å². The molecule has 2 aromatic carbocycles. The fourth-order valence-electron chi connectivity index (χ4n) is 3.57. The van der Waals surface area contributed by atoms with Gasteiger partial charge in [0, 0.05) is 25.2 Å². The molecule has 4 rings (SSSR count). The number of nitrogens with zero attached hydrogens (tertiary/aromatic N) is 3. The molecule has 0 atom stereocenters. The predicted molar refractivity (Wildman–Crippen MR) is 108 cm³/mol. The number of hydrogen-bond acceptors (Lipinski definition) is 5. The Morgan fingerprint density at radius 3 is 2.45 bits per heavy atom. The van der Waals surface area contributed by atoms with Crippen molar-refractivity contribution in [1.29, 1.82) is 0 Å².